The van der Waals surface area contributed by atoms with Crippen molar-refractivity contribution in [3.63, 3.8) is 0 Å². The summed E-state index contributed by atoms with van der Waals surface area (Å²) in [6.45, 7) is 12.4. The van der Waals surface area contributed by atoms with Gasteiger partial charge < -0.3 is 5.11 Å². The number of hydrogen-bond donors (Lipinski definition) is 1. The van der Waals surface area contributed by atoms with E-state index >= 15 is 0 Å². The molecule has 1 N–H and O–H groups in total. The molecule has 0 saturated carbocycles. The second-order valence-corrected chi connectivity index (χ2v) is 7.25. The number of aromatic hydroxyl groups is 1. The Morgan fingerprint density at radius 2 is 1.81 bits per heavy atom. The Labute approximate surface area is 128 Å². The number of halogens is 1. The van der Waals surface area contributed by atoms with Crippen molar-refractivity contribution in [1.82, 2.24) is 0 Å². The number of benzene rings is 1. The van der Waals surface area contributed by atoms with Gasteiger partial charge in [-0.1, -0.05) is 47.6 Å². The number of phenolic OH excluding ortho intramolecular Hbond substituents is 1. The van der Waals surface area contributed by atoms with Crippen LogP contribution in [0.3, 0.4) is 0 Å². The molecule has 2 heteroatoms. The van der Waals surface area contributed by atoms with Gasteiger partial charge in [-0.2, -0.15) is 0 Å². The Morgan fingerprint density at radius 3 is 2.24 bits per heavy atom. The molecule has 0 aromatic heterocycles. The summed E-state index contributed by atoms with van der Waals surface area (Å²) >= 11 is 0. The highest BCUT2D eigenvalue weighted by atomic mass is 19.1. The first-order valence-electron chi connectivity index (χ1n) is 7.53. The van der Waals surface area contributed by atoms with Crippen molar-refractivity contribution >= 4 is 0 Å². The van der Waals surface area contributed by atoms with E-state index in [0.717, 1.165) is 12.0 Å². The van der Waals surface area contributed by atoms with Gasteiger partial charge in [-0.05, 0) is 34.8 Å². The van der Waals surface area contributed by atoms with Gasteiger partial charge in [-0.25, -0.2) is 4.39 Å². The summed E-state index contributed by atoms with van der Waals surface area (Å²) in [6.07, 6.45) is 6.89. The van der Waals surface area contributed by atoms with E-state index < -0.39 is 11.2 Å². The lowest BCUT2D eigenvalue weighted by molar-refractivity contribution is 0.215. The second-order valence-electron chi connectivity index (χ2n) is 7.25. The Bertz CT molecular complexity index is 544. The Kier molecular flexibility index (Phi) is 5.10. The molecule has 0 saturated heterocycles. The van der Waals surface area contributed by atoms with E-state index in [0.29, 0.717) is 12.0 Å². The molecule has 0 radical (unpaired) electrons. The third-order valence-corrected chi connectivity index (χ3v) is 4.95. The molecule has 0 aliphatic carbocycles. The monoisotopic (exact) mass is 290 g/mol. The van der Waals surface area contributed by atoms with Crippen molar-refractivity contribution in [3.05, 3.63) is 29.1 Å². The van der Waals surface area contributed by atoms with Crippen LogP contribution in [0.4, 0.5) is 4.39 Å². The van der Waals surface area contributed by atoms with Crippen molar-refractivity contribution in [3.8, 4) is 18.1 Å². The summed E-state index contributed by atoms with van der Waals surface area (Å²) in [4.78, 5) is 0. The van der Waals surface area contributed by atoms with Crippen LogP contribution in [-0.2, 0) is 5.41 Å². The molecule has 1 aromatic carbocycles. The van der Waals surface area contributed by atoms with Crippen LogP contribution < -0.4 is 0 Å². The minimum Gasteiger partial charge on any atom is -0.505 e. The molecule has 0 spiro atoms. The van der Waals surface area contributed by atoms with E-state index in [1.165, 1.54) is 6.07 Å². The molecule has 0 aliphatic rings. The average molecular weight is 290 g/mol. The fourth-order valence-electron chi connectivity index (χ4n) is 2.55. The van der Waals surface area contributed by atoms with Crippen molar-refractivity contribution in [2.75, 3.05) is 0 Å². The quantitative estimate of drug-likeness (QED) is 0.739. The molecule has 1 rings (SSSR count). The summed E-state index contributed by atoms with van der Waals surface area (Å²) in [5, 5.41) is 9.82. The van der Waals surface area contributed by atoms with E-state index in [1.54, 1.807) is 0 Å². The largest absolute Gasteiger partial charge is 0.505 e. The number of rotatable bonds is 4. The molecular formula is C19H27FO. The van der Waals surface area contributed by atoms with Crippen LogP contribution in [0.1, 0.15) is 71.4 Å². The predicted octanol–water partition coefficient (Wildman–Crippen LogP) is 5.37. The van der Waals surface area contributed by atoms with Crippen LogP contribution in [0.25, 0.3) is 0 Å². The van der Waals surface area contributed by atoms with Crippen LogP contribution in [0.15, 0.2) is 12.1 Å². The second kappa shape index (κ2) is 6.10. The van der Waals surface area contributed by atoms with E-state index in [2.05, 4.69) is 33.6 Å². The van der Waals surface area contributed by atoms with Crippen LogP contribution in [-0.4, -0.2) is 5.11 Å². The van der Waals surface area contributed by atoms with E-state index in [-0.39, 0.29) is 17.1 Å². The molecular weight excluding hydrogens is 263 g/mol. The van der Waals surface area contributed by atoms with Crippen molar-refractivity contribution in [1.29, 1.82) is 0 Å². The van der Waals surface area contributed by atoms with Gasteiger partial charge in [-0.15, -0.1) is 12.3 Å². The van der Waals surface area contributed by atoms with Crippen molar-refractivity contribution < 1.29 is 9.50 Å². The maximum absolute atomic E-state index is 14.7. The summed E-state index contributed by atoms with van der Waals surface area (Å²) in [5.74, 6) is 2.00. The minimum absolute atomic E-state index is 0.113. The van der Waals surface area contributed by atoms with Crippen LogP contribution >= 0.6 is 0 Å². The molecule has 1 unspecified atom stereocenters. The van der Waals surface area contributed by atoms with Gasteiger partial charge >= 0.3 is 0 Å². The first-order chi connectivity index (χ1) is 9.57. The molecule has 0 aliphatic heterocycles. The first kappa shape index (κ1) is 17.6. The van der Waals surface area contributed by atoms with Crippen LogP contribution in [0.2, 0.25) is 0 Å². The van der Waals surface area contributed by atoms with Gasteiger partial charge in [0.25, 0.3) is 0 Å². The van der Waals surface area contributed by atoms with E-state index in [4.69, 9.17) is 6.42 Å². The summed E-state index contributed by atoms with van der Waals surface area (Å²) in [6, 6.07) is 3.26. The molecule has 21 heavy (non-hydrogen) atoms. The predicted molar refractivity (Wildman–Crippen MR) is 87.0 cm³/mol. The SMILES string of the molecule is C#CCC(CC)c1ccc(O)c(F)c1C(C)(C)C(C)(C)C. The van der Waals surface area contributed by atoms with Crippen LogP contribution in [0, 0.1) is 23.6 Å². The zero-order valence-corrected chi connectivity index (χ0v) is 14.0. The maximum atomic E-state index is 14.7. The summed E-state index contributed by atoms with van der Waals surface area (Å²) in [7, 11) is 0. The Balaban J connectivity index is 3.63. The number of hydrogen-bond acceptors (Lipinski definition) is 1. The highest BCUT2D eigenvalue weighted by Crippen LogP contribution is 2.47. The molecule has 1 nitrogen and oxygen atoms in total. The van der Waals surface area contributed by atoms with E-state index in [9.17, 15) is 9.50 Å². The van der Waals surface area contributed by atoms with Gasteiger partial charge in [0.05, 0.1) is 0 Å². The summed E-state index contributed by atoms with van der Waals surface area (Å²) in [5.41, 5.74) is 0.945. The van der Waals surface area contributed by atoms with Crippen LogP contribution in [0.5, 0.6) is 5.75 Å². The smallest absolute Gasteiger partial charge is 0.168 e. The van der Waals surface area contributed by atoms with Gasteiger partial charge in [0, 0.05) is 12.0 Å². The lowest BCUT2D eigenvalue weighted by Crippen LogP contribution is -2.36. The van der Waals surface area contributed by atoms with Gasteiger partial charge in [0.15, 0.2) is 11.6 Å². The van der Waals surface area contributed by atoms with Crippen molar-refractivity contribution in [2.45, 2.75) is 65.7 Å². The number of phenols is 1. The molecule has 0 heterocycles. The molecule has 1 atom stereocenters. The summed E-state index contributed by atoms with van der Waals surface area (Å²) < 4.78 is 14.7. The first-order valence-corrected chi connectivity index (χ1v) is 7.53. The van der Waals surface area contributed by atoms with Gasteiger partial charge in [-0.3, -0.25) is 0 Å². The Hall–Kier alpha value is -1.49. The van der Waals surface area contributed by atoms with Crippen molar-refractivity contribution in [2.24, 2.45) is 5.41 Å². The Morgan fingerprint density at radius 1 is 1.24 bits per heavy atom. The van der Waals surface area contributed by atoms with E-state index in [1.807, 2.05) is 19.9 Å². The lowest BCUT2D eigenvalue weighted by Gasteiger charge is -2.41. The zero-order chi connectivity index (χ0) is 16.4. The topological polar surface area (TPSA) is 20.2 Å². The average Bonchev–Trinajstić information content (AvgIpc) is 2.37. The highest BCUT2D eigenvalue weighted by molar-refractivity contribution is 5.44. The molecule has 0 fully saturated rings. The normalized spacial score (nSPS) is 13.8. The fourth-order valence-corrected chi connectivity index (χ4v) is 2.55. The van der Waals surface area contributed by atoms with Gasteiger partial charge in [0.2, 0.25) is 0 Å². The molecule has 1 aromatic rings. The molecule has 116 valence electrons. The zero-order valence-electron chi connectivity index (χ0n) is 14.0. The standard InChI is InChI=1S/C19H27FO/c1-8-10-13(9-2)14-11-12-15(21)17(20)16(14)19(6,7)18(3,4)5/h1,11-13,21H,9-10H2,2-7H3. The molecule has 0 amide bonds. The maximum Gasteiger partial charge on any atom is 0.168 e. The highest BCUT2D eigenvalue weighted by Gasteiger charge is 2.39. The third kappa shape index (κ3) is 3.23. The van der Waals surface area contributed by atoms with Gasteiger partial charge in [0.1, 0.15) is 0 Å². The molecule has 0 bridgehead atoms. The lowest BCUT2D eigenvalue weighted by atomic mass is 9.63. The number of terminal acetylenes is 1. The third-order valence-electron chi connectivity index (χ3n) is 4.95. The fraction of sp³-hybridized carbons (Fsp3) is 0.579. The minimum atomic E-state index is -0.511.